The summed E-state index contributed by atoms with van der Waals surface area (Å²) in [5.41, 5.74) is 2.01. The van der Waals surface area contributed by atoms with Crippen LogP contribution in [0.25, 0.3) is 0 Å². The van der Waals surface area contributed by atoms with Gasteiger partial charge in [-0.2, -0.15) is 0 Å². The van der Waals surface area contributed by atoms with Crippen LogP contribution in [0.1, 0.15) is 21.5 Å². The van der Waals surface area contributed by atoms with Gasteiger partial charge in [-0.15, -0.1) is 0 Å². The normalized spacial score (nSPS) is 10.1. The minimum atomic E-state index is -0.366. The van der Waals surface area contributed by atoms with Gasteiger partial charge >= 0.3 is 0 Å². The van der Waals surface area contributed by atoms with Crippen LogP contribution in [-0.4, -0.2) is 16.0 Å². The quantitative estimate of drug-likeness (QED) is 0.851. The van der Waals surface area contributed by atoms with Crippen molar-refractivity contribution in [1.29, 1.82) is 0 Å². The van der Waals surface area contributed by atoms with Crippen molar-refractivity contribution in [3.8, 4) is 5.75 Å². The Bertz CT molecular complexity index is 594. The summed E-state index contributed by atoms with van der Waals surface area (Å²) in [5, 5.41) is 12.4. The molecule has 2 N–H and O–H groups in total. The largest absolute Gasteiger partial charge is 0.507 e. The molecule has 4 heteroatoms. The molecular formula is C14H14N2O2. The van der Waals surface area contributed by atoms with Gasteiger partial charge in [0.2, 0.25) is 0 Å². The number of carbonyl (C=O) groups excluding carboxylic acids is 1. The first kappa shape index (κ1) is 12.1. The molecule has 1 amide bonds. The Hall–Kier alpha value is -2.36. The molecule has 4 nitrogen and oxygen atoms in total. The van der Waals surface area contributed by atoms with Crippen molar-refractivity contribution in [3.05, 3.63) is 53.2 Å². The minimum Gasteiger partial charge on any atom is -0.507 e. The predicted octanol–water partition coefficient (Wildman–Crippen LogP) is 2.66. The summed E-state index contributed by atoms with van der Waals surface area (Å²) in [6.07, 6.45) is 1.61. The second-order valence-electron chi connectivity index (χ2n) is 4.14. The van der Waals surface area contributed by atoms with E-state index in [9.17, 15) is 9.90 Å². The first-order valence-corrected chi connectivity index (χ1v) is 5.60. The van der Waals surface area contributed by atoms with E-state index in [0.29, 0.717) is 5.82 Å². The van der Waals surface area contributed by atoms with Gasteiger partial charge < -0.3 is 10.4 Å². The number of benzene rings is 1. The topological polar surface area (TPSA) is 62.2 Å². The maximum atomic E-state index is 12.0. The highest BCUT2D eigenvalue weighted by Gasteiger charge is 2.12. The Kier molecular flexibility index (Phi) is 3.28. The van der Waals surface area contributed by atoms with Gasteiger partial charge in [-0.3, -0.25) is 4.79 Å². The molecule has 0 atom stereocenters. The van der Waals surface area contributed by atoms with Crippen molar-refractivity contribution in [3.63, 3.8) is 0 Å². The Morgan fingerprint density at radius 1 is 1.28 bits per heavy atom. The third-order valence-corrected chi connectivity index (χ3v) is 2.64. The zero-order valence-corrected chi connectivity index (χ0v) is 10.3. The number of hydrogen-bond acceptors (Lipinski definition) is 3. The van der Waals surface area contributed by atoms with Crippen molar-refractivity contribution in [2.24, 2.45) is 0 Å². The summed E-state index contributed by atoms with van der Waals surface area (Å²) in [6, 6.07) is 8.59. The van der Waals surface area contributed by atoms with Crippen LogP contribution in [0.5, 0.6) is 5.75 Å². The molecule has 1 heterocycles. The predicted molar refractivity (Wildman–Crippen MR) is 69.8 cm³/mol. The molecule has 1 aromatic heterocycles. The Morgan fingerprint density at radius 2 is 2.06 bits per heavy atom. The zero-order valence-electron chi connectivity index (χ0n) is 10.3. The highest BCUT2D eigenvalue weighted by atomic mass is 16.3. The monoisotopic (exact) mass is 242 g/mol. The average molecular weight is 242 g/mol. The molecule has 0 aliphatic rings. The molecule has 0 aliphatic carbocycles. The number of phenolic OH excluding ortho intramolecular Hbond substituents is 1. The highest BCUT2D eigenvalue weighted by Crippen LogP contribution is 2.20. The van der Waals surface area contributed by atoms with E-state index in [2.05, 4.69) is 10.3 Å². The fourth-order valence-corrected chi connectivity index (χ4v) is 1.63. The van der Waals surface area contributed by atoms with Gasteiger partial charge in [0.25, 0.3) is 5.91 Å². The number of phenols is 1. The van der Waals surface area contributed by atoms with Crippen LogP contribution in [0.15, 0.2) is 36.5 Å². The van der Waals surface area contributed by atoms with Crippen molar-refractivity contribution in [2.45, 2.75) is 13.8 Å². The number of pyridine rings is 1. The fraction of sp³-hybridized carbons (Fsp3) is 0.143. The number of aromatic nitrogens is 1. The van der Waals surface area contributed by atoms with Crippen molar-refractivity contribution >= 4 is 11.7 Å². The van der Waals surface area contributed by atoms with Crippen LogP contribution >= 0.6 is 0 Å². The molecule has 0 bridgehead atoms. The van der Waals surface area contributed by atoms with Crippen LogP contribution in [0.3, 0.4) is 0 Å². The molecule has 2 rings (SSSR count). The maximum Gasteiger partial charge on any atom is 0.260 e. The second kappa shape index (κ2) is 4.87. The molecule has 0 aliphatic heterocycles. The number of aromatic hydroxyl groups is 1. The lowest BCUT2D eigenvalue weighted by Gasteiger charge is -2.08. The molecule has 2 aromatic rings. The van der Waals surface area contributed by atoms with E-state index in [1.54, 1.807) is 30.5 Å². The fourth-order valence-electron chi connectivity index (χ4n) is 1.63. The van der Waals surface area contributed by atoms with Crippen molar-refractivity contribution in [2.75, 3.05) is 5.32 Å². The standard InChI is InChI=1S/C14H14N2O2/c1-9-5-6-11(12(17)8-9)14(18)16-13-10(2)4-3-7-15-13/h3-8,17H,1-2H3,(H,15,16,18). The number of rotatable bonds is 2. The van der Waals surface area contributed by atoms with Gasteiger partial charge in [0.1, 0.15) is 11.6 Å². The van der Waals surface area contributed by atoms with Crippen LogP contribution in [0.2, 0.25) is 0 Å². The third-order valence-electron chi connectivity index (χ3n) is 2.64. The van der Waals surface area contributed by atoms with Gasteiger partial charge in [0, 0.05) is 6.20 Å². The molecule has 18 heavy (non-hydrogen) atoms. The highest BCUT2D eigenvalue weighted by molar-refractivity contribution is 6.05. The Morgan fingerprint density at radius 3 is 2.72 bits per heavy atom. The summed E-state index contributed by atoms with van der Waals surface area (Å²) in [4.78, 5) is 16.1. The molecule has 0 fully saturated rings. The number of nitrogens with one attached hydrogen (secondary N) is 1. The molecule has 0 unspecified atom stereocenters. The van der Waals surface area contributed by atoms with Crippen LogP contribution in [0.4, 0.5) is 5.82 Å². The Balaban J connectivity index is 2.25. The van der Waals surface area contributed by atoms with Crippen molar-refractivity contribution in [1.82, 2.24) is 4.98 Å². The van der Waals surface area contributed by atoms with Gasteiger partial charge in [-0.1, -0.05) is 12.1 Å². The third kappa shape index (κ3) is 2.48. The van der Waals surface area contributed by atoms with Crippen LogP contribution in [-0.2, 0) is 0 Å². The molecule has 92 valence electrons. The number of carbonyl (C=O) groups is 1. The zero-order chi connectivity index (χ0) is 13.1. The summed E-state index contributed by atoms with van der Waals surface area (Å²) >= 11 is 0. The van der Waals surface area contributed by atoms with Crippen LogP contribution < -0.4 is 5.32 Å². The molecule has 0 saturated heterocycles. The number of hydrogen-bond donors (Lipinski definition) is 2. The summed E-state index contributed by atoms with van der Waals surface area (Å²) in [7, 11) is 0. The van der Waals surface area contributed by atoms with E-state index in [1.165, 1.54) is 0 Å². The maximum absolute atomic E-state index is 12.0. The van der Waals surface area contributed by atoms with Crippen molar-refractivity contribution < 1.29 is 9.90 Å². The van der Waals surface area contributed by atoms with E-state index in [0.717, 1.165) is 11.1 Å². The molecule has 0 spiro atoms. The summed E-state index contributed by atoms with van der Waals surface area (Å²) in [6.45, 7) is 3.71. The van der Waals surface area contributed by atoms with Gasteiger partial charge in [-0.25, -0.2) is 4.98 Å². The van der Waals surface area contributed by atoms with Crippen LogP contribution in [0, 0.1) is 13.8 Å². The molecule has 1 aromatic carbocycles. The van der Waals surface area contributed by atoms with Gasteiger partial charge in [0.15, 0.2) is 0 Å². The first-order chi connectivity index (χ1) is 8.58. The summed E-state index contributed by atoms with van der Waals surface area (Å²) in [5.74, 6) is 0.109. The lowest BCUT2D eigenvalue weighted by Crippen LogP contribution is -2.14. The molecule has 0 saturated carbocycles. The minimum absolute atomic E-state index is 0.0268. The second-order valence-corrected chi connectivity index (χ2v) is 4.14. The van der Waals surface area contributed by atoms with E-state index < -0.39 is 0 Å². The van der Waals surface area contributed by atoms with E-state index in [-0.39, 0.29) is 17.2 Å². The van der Waals surface area contributed by atoms with Gasteiger partial charge in [-0.05, 0) is 43.2 Å². The lowest BCUT2D eigenvalue weighted by atomic mass is 10.1. The molecular weight excluding hydrogens is 228 g/mol. The van der Waals surface area contributed by atoms with E-state index in [4.69, 9.17) is 0 Å². The smallest absolute Gasteiger partial charge is 0.260 e. The molecule has 0 radical (unpaired) electrons. The number of anilines is 1. The first-order valence-electron chi connectivity index (χ1n) is 5.60. The lowest BCUT2D eigenvalue weighted by molar-refractivity contribution is 0.102. The summed E-state index contributed by atoms with van der Waals surface area (Å²) < 4.78 is 0. The van der Waals surface area contributed by atoms with Gasteiger partial charge in [0.05, 0.1) is 5.56 Å². The SMILES string of the molecule is Cc1ccc(C(=O)Nc2ncccc2C)c(O)c1. The van der Waals surface area contributed by atoms with E-state index >= 15 is 0 Å². The van der Waals surface area contributed by atoms with E-state index in [1.807, 2.05) is 19.9 Å². The number of amides is 1. The Labute approximate surface area is 105 Å². The average Bonchev–Trinajstić information content (AvgIpc) is 2.32. The number of aryl methyl sites for hydroxylation is 2. The number of nitrogens with zero attached hydrogens (tertiary/aromatic N) is 1.